The van der Waals surface area contributed by atoms with Crippen LogP contribution >= 0.6 is 11.6 Å². The van der Waals surface area contributed by atoms with E-state index in [9.17, 15) is 14.4 Å². The summed E-state index contributed by atoms with van der Waals surface area (Å²) in [4.78, 5) is 42.1. The number of ether oxygens (including phenoxy) is 1. The number of benzene rings is 2. The Kier molecular flexibility index (Phi) is 5.64. The first kappa shape index (κ1) is 21.0. The number of hydrogen-bond donors (Lipinski definition) is 0. The second-order valence-corrected chi connectivity index (χ2v) is 9.12. The van der Waals surface area contributed by atoms with Crippen LogP contribution in [-0.2, 0) is 20.8 Å². The number of nitrogens with zero attached hydrogens (tertiary/aromatic N) is 2. The Balaban J connectivity index is 1.37. The third kappa shape index (κ3) is 3.66. The summed E-state index contributed by atoms with van der Waals surface area (Å²) in [5.41, 5.74) is 2.39. The molecule has 0 unspecified atom stereocenters. The highest BCUT2D eigenvalue weighted by Gasteiger charge is 2.49. The molecule has 2 heterocycles. The molecule has 3 aliphatic rings. The zero-order chi connectivity index (χ0) is 22.2. The van der Waals surface area contributed by atoms with Gasteiger partial charge in [0.25, 0.3) is 5.91 Å². The molecule has 0 N–H and O–H groups in total. The lowest BCUT2D eigenvalue weighted by atomic mass is 9.81. The highest BCUT2D eigenvalue weighted by molar-refractivity contribution is 6.31. The van der Waals surface area contributed by atoms with Crippen molar-refractivity contribution in [2.75, 3.05) is 23.0 Å². The van der Waals surface area contributed by atoms with Gasteiger partial charge in [0.1, 0.15) is 5.75 Å². The fourth-order valence-electron chi connectivity index (χ4n) is 5.20. The summed E-state index contributed by atoms with van der Waals surface area (Å²) < 4.78 is 5.89. The van der Waals surface area contributed by atoms with Crippen molar-refractivity contribution in [1.29, 1.82) is 0 Å². The molecule has 5 rings (SSSR count). The largest absolute Gasteiger partial charge is 0.482 e. The number of carbonyl (C=O) groups excluding carboxylic acids is 3. The van der Waals surface area contributed by atoms with Gasteiger partial charge in [-0.1, -0.05) is 42.6 Å². The smallest absolute Gasteiger partial charge is 0.264 e. The van der Waals surface area contributed by atoms with E-state index in [-0.39, 0.29) is 36.2 Å². The average molecular weight is 453 g/mol. The van der Waals surface area contributed by atoms with Crippen molar-refractivity contribution >= 4 is 40.7 Å². The van der Waals surface area contributed by atoms with Crippen LogP contribution in [0.3, 0.4) is 0 Å². The van der Waals surface area contributed by atoms with Crippen molar-refractivity contribution in [3.63, 3.8) is 0 Å². The maximum absolute atomic E-state index is 13.1. The minimum Gasteiger partial charge on any atom is -0.482 e. The first-order valence-corrected chi connectivity index (χ1v) is 11.6. The van der Waals surface area contributed by atoms with Gasteiger partial charge in [-0.05, 0) is 55.5 Å². The van der Waals surface area contributed by atoms with Crippen LogP contribution in [0.1, 0.15) is 37.7 Å². The Labute approximate surface area is 192 Å². The van der Waals surface area contributed by atoms with Gasteiger partial charge in [0.2, 0.25) is 11.8 Å². The molecular weight excluding hydrogens is 428 g/mol. The SMILES string of the molecule is O=C(COc1ccc(Cl)cc1N1C(=O)[C@@H]2CCCC[C@H]2C1=O)N1CCCc2ccccc21. The summed E-state index contributed by atoms with van der Waals surface area (Å²) in [6, 6.07) is 12.7. The number of hydrogen-bond acceptors (Lipinski definition) is 4. The highest BCUT2D eigenvalue weighted by atomic mass is 35.5. The lowest BCUT2D eigenvalue weighted by Crippen LogP contribution is -2.38. The van der Waals surface area contributed by atoms with Gasteiger partial charge in [-0.15, -0.1) is 0 Å². The normalized spacial score (nSPS) is 22.5. The summed E-state index contributed by atoms with van der Waals surface area (Å²) in [5, 5.41) is 0.402. The Hall–Kier alpha value is -2.86. The predicted molar refractivity (Wildman–Crippen MR) is 122 cm³/mol. The minimum absolute atomic E-state index is 0.161. The van der Waals surface area contributed by atoms with Crippen LogP contribution in [-0.4, -0.2) is 30.9 Å². The summed E-state index contributed by atoms with van der Waals surface area (Å²) in [7, 11) is 0. The second-order valence-electron chi connectivity index (χ2n) is 8.69. The number of halogens is 1. The second kappa shape index (κ2) is 8.58. The van der Waals surface area contributed by atoms with Crippen molar-refractivity contribution < 1.29 is 19.1 Å². The van der Waals surface area contributed by atoms with E-state index in [0.717, 1.165) is 49.8 Å². The van der Waals surface area contributed by atoms with E-state index in [0.29, 0.717) is 23.0 Å². The van der Waals surface area contributed by atoms with Crippen molar-refractivity contribution in [3.05, 3.63) is 53.1 Å². The predicted octanol–water partition coefficient (Wildman–Crippen LogP) is 4.38. The zero-order valence-corrected chi connectivity index (χ0v) is 18.5. The van der Waals surface area contributed by atoms with Gasteiger partial charge < -0.3 is 9.64 Å². The molecule has 7 heteroatoms. The first-order valence-electron chi connectivity index (χ1n) is 11.2. The van der Waals surface area contributed by atoms with Gasteiger partial charge in [-0.3, -0.25) is 14.4 Å². The van der Waals surface area contributed by atoms with E-state index in [1.807, 2.05) is 24.3 Å². The fourth-order valence-corrected chi connectivity index (χ4v) is 5.36. The van der Waals surface area contributed by atoms with Gasteiger partial charge >= 0.3 is 0 Å². The Bertz CT molecular complexity index is 1060. The van der Waals surface area contributed by atoms with Crippen molar-refractivity contribution in [1.82, 2.24) is 0 Å². The van der Waals surface area contributed by atoms with E-state index >= 15 is 0 Å². The van der Waals surface area contributed by atoms with Gasteiger partial charge in [0, 0.05) is 17.3 Å². The van der Waals surface area contributed by atoms with E-state index in [4.69, 9.17) is 16.3 Å². The van der Waals surface area contributed by atoms with Crippen molar-refractivity contribution in [2.24, 2.45) is 11.8 Å². The van der Waals surface area contributed by atoms with Gasteiger partial charge in [0.15, 0.2) is 6.61 Å². The van der Waals surface area contributed by atoms with Crippen LogP contribution in [0.5, 0.6) is 5.75 Å². The average Bonchev–Trinajstić information content (AvgIpc) is 3.07. The van der Waals surface area contributed by atoms with Crippen LogP contribution in [0.25, 0.3) is 0 Å². The van der Waals surface area contributed by atoms with E-state index in [1.165, 1.54) is 4.90 Å². The lowest BCUT2D eigenvalue weighted by Gasteiger charge is -2.29. The minimum atomic E-state index is -0.269. The maximum atomic E-state index is 13.1. The van der Waals surface area contributed by atoms with E-state index < -0.39 is 0 Å². The molecule has 2 aromatic carbocycles. The monoisotopic (exact) mass is 452 g/mol. The molecule has 6 nitrogen and oxygen atoms in total. The number of imide groups is 1. The molecule has 166 valence electrons. The molecular formula is C25H25ClN2O4. The van der Waals surface area contributed by atoms with Gasteiger partial charge in [-0.25, -0.2) is 4.90 Å². The third-order valence-corrected chi connectivity index (χ3v) is 7.00. The molecule has 2 fully saturated rings. The van der Waals surface area contributed by atoms with Crippen LogP contribution < -0.4 is 14.5 Å². The molecule has 1 aliphatic carbocycles. The molecule has 0 bridgehead atoms. The van der Waals surface area contributed by atoms with Gasteiger partial charge in [-0.2, -0.15) is 0 Å². The number of rotatable bonds is 4. The van der Waals surface area contributed by atoms with Gasteiger partial charge in [0.05, 0.1) is 17.5 Å². The van der Waals surface area contributed by atoms with Crippen LogP contribution in [0, 0.1) is 11.8 Å². The lowest BCUT2D eigenvalue weighted by molar-refractivity contribution is -0.122. The first-order chi connectivity index (χ1) is 15.5. The molecule has 2 aromatic rings. The standard InChI is InChI=1S/C25H25ClN2O4/c26-17-11-12-22(21(14-17)28-24(30)18-8-2-3-9-19(18)25(28)31)32-15-23(29)27-13-5-7-16-6-1-4-10-20(16)27/h1,4,6,10-12,14,18-19H,2-3,5,7-9,13,15H2/t18-,19-/m1/s1. The fraction of sp³-hybridized carbons (Fsp3) is 0.400. The number of anilines is 2. The highest BCUT2D eigenvalue weighted by Crippen LogP contribution is 2.43. The zero-order valence-electron chi connectivity index (χ0n) is 17.8. The Morgan fingerprint density at radius 3 is 2.44 bits per heavy atom. The number of amides is 3. The molecule has 0 aromatic heterocycles. The van der Waals surface area contributed by atoms with E-state index in [1.54, 1.807) is 23.1 Å². The number of carbonyl (C=O) groups is 3. The molecule has 32 heavy (non-hydrogen) atoms. The summed E-state index contributed by atoms with van der Waals surface area (Å²) in [6.45, 7) is 0.450. The third-order valence-electron chi connectivity index (χ3n) is 6.77. The molecule has 3 amide bonds. The summed E-state index contributed by atoms with van der Waals surface area (Å²) >= 11 is 6.20. The molecule has 0 spiro atoms. The van der Waals surface area contributed by atoms with Crippen molar-refractivity contribution in [2.45, 2.75) is 38.5 Å². The van der Waals surface area contributed by atoms with E-state index in [2.05, 4.69) is 0 Å². The quantitative estimate of drug-likeness (QED) is 0.646. The van der Waals surface area contributed by atoms with Crippen LogP contribution in [0.2, 0.25) is 5.02 Å². The maximum Gasteiger partial charge on any atom is 0.264 e. The topological polar surface area (TPSA) is 66.9 Å². The molecule has 0 radical (unpaired) electrons. The number of aryl methyl sites for hydroxylation is 1. The van der Waals surface area contributed by atoms with Crippen LogP contribution in [0.4, 0.5) is 11.4 Å². The number of fused-ring (bicyclic) bond motifs is 2. The Morgan fingerprint density at radius 2 is 1.69 bits per heavy atom. The molecule has 2 aliphatic heterocycles. The molecule has 2 atom stereocenters. The molecule has 1 saturated heterocycles. The van der Waals surface area contributed by atoms with Crippen LogP contribution in [0.15, 0.2) is 42.5 Å². The summed E-state index contributed by atoms with van der Waals surface area (Å²) in [5.74, 6) is -0.769. The summed E-state index contributed by atoms with van der Waals surface area (Å²) in [6.07, 6.45) is 5.22. The number of para-hydroxylation sites is 1. The molecule has 1 saturated carbocycles. The Morgan fingerprint density at radius 1 is 0.969 bits per heavy atom. The van der Waals surface area contributed by atoms with Crippen molar-refractivity contribution in [3.8, 4) is 5.75 Å².